The Hall–Kier alpha value is -1.58. The van der Waals surface area contributed by atoms with Crippen LogP contribution in [0.2, 0.25) is 0 Å². The number of ether oxygens (including phenoxy) is 1. The van der Waals surface area contributed by atoms with E-state index in [0.717, 1.165) is 31.8 Å². The van der Waals surface area contributed by atoms with E-state index in [0.29, 0.717) is 12.2 Å². The van der Waals surface area contributed by atoms with Crippen molar-refractivity contribution in [2.24, 2.45) is 0 Å². The molecule has 4 heteroatoms. The first-order valence-corrected chi connectivity index (χ1v) is 11.2. The lowest BCUT2D eigenvalue weighted by Crippen LogP contribution is -2.08. The van der Waals surface area contributed by atoms with Gasteiger partial charge in [-0.05, 0) is 19.3 Å². The van der Waals surface area contributed by atoms with Gasteiger partial charge in [0.15, 0.2) is 0 Å². The Labute approximate surface area is 173 Å². The van der Waals surface area contributed by atoms with E-state index in [4.69, 9.17) is 9.84 Å². The van der Waals surface area contributed by atoms with Crippen molar-refractivity contribution in [3.8, 4) is 0 Å². The number of esters is 1. The first kappa shape index (κ1) is 28.6. The van der Waals surface area contributed by atoms with Crippen molar-refractivity contribution in [3.63, 3.8) is 0 Å². The summed E-state index contributed by atoms with van der Waals surface area (Å²) >= 11 is 0. The van der Waals surface area contributed by atoms with Crippen LogP contribution in [-0.2, 0) is 14.3 Å². The molecule has 0 spiro atoms. The number of carboxylic acids is 1. The second kappa shape index (κ2) is 23.5. The molecule has 4 nitrogen and oxygen atoms in total. The van der Waals surface area contributed by atoms with E-state index in [1.54, 1.807) is 0 Å². The molecule has 0 aliphatic carbocycles. The Bertz CT molecular complexity index is 401. The van der Waals surface area contributed by atoms with E-state index in [-0.39, 0.29) is 5.97 Å². The fourth-order valence-electron chi connectivity index (χ4n) is 2.72. The van der Waals surface area contributed by atoms with Crippen molar-refractivity contribution >= 4 is 11.9 Å². The van der Waals surface area contributed by atoms with Crippen LogP contribution in [0.3, 0.4) is 0 Å². The van der Waals surface area contributed by atoms with E-state index in [1.807, 2.05) is 0 Å². The highest BCUT2D eigenvalue weighted by molar-refractivity contribution is 5.87. The van der Waals surface area contributed by atoms with Gasteiger partial charge in [-0.1, -0.05) is 104 Å². The molecule has 0 unspecified atom stereocenters. The largest absolute Gasteiger partial charge is 0.478 e. The molecule has 0 aliphatic heterocycles. The Balaban J connectivity index is 0. The standard InChI is InChI=1S/C21H40O2.C3H4O2/c1-4-6-8-10-12-13-14-16-18-20(3)21(22)23-19-17-15-11-9-7-5-2;1-2-3(4)5/h3-19H2,1-2H3;2H,1H2,(H,4,5). The lowest BCUT2D eigenvalue weighted by atomic mass is 10.1. The quantitative estimate of drug-likeness (QED) is 0.151. The fraction of sp³-hybridized carbons (Fsp3) is 0.750. The summed E-state index contributed by atoms with van der Waals surface area (Å²) in [6, 6.07) is 0. The topological polar surface area (TPSA) is 63.6 Å². The molecule has 0 aromatic carbocycles. The number of hydrogen-bond donors (Lipinski definition) is 1. The van der Waals surface area contributed by atoms with Gasteiger partial charge in [0.25, 0.3) is 0 Å². The predicted molar refractivity (Wildman–Crippen MR) is 119 cm³/mol. The molecule has 0 rings (SSSR count). The lowest BCUT2D eigenvalue weighted by molar-refractivity contribution is -0.139. The summed E-state index contributed by atoms with van der Waals surface area (Å²) in [5, 5.41) is 7.60. The smallest absolute Gasteiger partial charge is 0.333 e. The summed E-state index contributed by atoms with van der Waals surface area (Å²) in [6.07, 6.45) is 19.2. The molecule has 0 atom stereocenters. The molecule has 164 valence electrons. The van der Waals surface area contributed by atoms with Crippen LogP contribution in [0.5, 0.6) is 0 Å². The van der Waals surface area contributed by atoms with Gasteiger partial charge in [0.05, 0.1) is 6.61 Å². The fourth-order valence-corrected chi connectivity index (χ4v) is 2.72. The monoisotopic (exact) mass is 396 g/mol. The average molecular weight is 397 g/mol. The van der Waals surface area contributed by atoms with Crippen LogP contribution in [0.25, 0.3) is 0 Å². The van der Waals surface area contributed by atoms with Gasteiger partial charge in [-0.2, -0.15) is 0 Å². The van der Waals surface area contributed by atoms with Crippen LogP contribution in [0.4, 0.5) is 0 Å². The van der Waals surface area contributed by atoms with Crippen molar-refractivity contribution in [2.75, 3.05) is 6.61 Å². The molecular formula is C24H44O4. The van der Waals surface area contributed by atoms with Crippen molar-refractivity contribution < 1.29 is 19.4 Å². The van der Waals surface area contributed by atoms with E-state index in [9.17, 15) is 9.59 Å². The molecule has 0 amide bonds. The van der Waals surface area contributed by atoms with Crippen LogP contribution in [0.1, 0.15) is 110 Å². The normalized spacial score (nSPS) is 9.93. The van der Waals surface area contributed by atoms with E-state index < -0.39 is 5.97 Å². The maximum absolute atomic E-state index is 11.8. The number of unbranched alkanes of at least 4 members (excludes halogenated alkanes) is 12. The molecule has 28 heavy (non-hydrogen) atoms. The number of carbonyl (C=O) groups excluding carboxylic acids is 1. The average Bonchev–Trinajstić information content (AvgIpc) is 2.69. The zero-order chi connectivity index (χ0) is 21.5. The molecule has 0 aliphatic rings. The van der Waals surface area contributed by atoms with Gasteiger partial charge in [0.2, 0.25) is 0 Å². The van der Waals surface area contributed by atoms with Gasteiger partial charge in [-0.15, -0.1) is 0 Å². The Morgan fingerprint density at radius 2 is 1.18 bits per heavy atom. The molecule has 0 radical (unpaired) electrons. The van der Waals surface area contributed by atoms with Crippen LogP contribution in [0.15, 0.2) is 24.8 Å². The summed E-state index contributed by atoms with van der Waals surface area (Å²) in [7, 11) is 0. The summed E-state index contributed by atoms with van der Waals surface area (Å²) in [4.78, 5) is 21.0. The molecule has 0 bridgehead atoms. The van der Waals surface area contributed by atoms with Crippen molar-refractivity contribution in [1.82, 2.24) is 0 Å². The Morgan fingerprint density at radius 1 is 0.786 bits per heavy atom. The number of carbonyl (C=O) groups is 2. The van der Waals surface area contributed by atoms with E-state index in [2.05, 4.69) is 27.0 Å². The maximum atomic E-state index is 11.8. The number of rotatable bonds is 18. The maximum Gasteiger partial charge on any atom is 0.333 e. The van der Waals surface area contributed by atoms with Crippen molar-refractivity contribution in [1.29, 1.82) is 0 Å². The second-order valence-corrected chi connectivity index (χ2v) is 7.27. The summed E-state index contributed by atoms with van der Waals surface area (Å²) < 4.78 is 5.29. The SMILES string of the molecule is C=C(CCCCCCCCCC)C(=O)OCCCCCCCC.C=CC(=O)O. The highest BCUT2D eigenvalue weighted by Gasteiger charge is 2.07. The molecular weight excluding hydrogens is 352 g/mol. The van der Waals surface area contributed by atoms with Gasteiger partial charge in [0.1, 0.15) is 0 Å². The van der Waals surface area contributed by atoms with Gasteiger partial charge in [-0.25, -0.2) is 9.59 Å². The molecule has 0 heterocycles. The Kier molecular flexibility index (Phi) is 24.0. The van der Waals surface area contributed by atoms with Gasteiger partial charge in [-0.3, -0.25) is 0 Å². The third-order valence-electron chi connectivity index (χ3n) is 4.53. The van der Waals surface area contributed by atoms with Crippen LogP contribution in [0, 0.1) is 0 Å². The summed E-state index contributed by atoms with van der Waals surface area (Å²) in [5.41, 5.74) is 0.655. The molecule has 0 fully saturated rings. The van der Waals surface area contributed by atoms with Gasteiger partial charge in [0, 0.05) is 11.6 Å². The summed E-state index contributed by atoms with van der Waals surface area (Å²) in [6.45, 7) is 11.9. The molecule has 0 saturated carbocycles. The van der Waals surface area contributed by atoms with Gasteiger partial charge >= 0.3 is 11.9 Å². The van der Waals surface area contributed by atoms with Crippen LogP contribution >= 0.6 is 0 Å². The minimum absolute atomic E-state index is 0.179. The predicted octanol–water partition coefficient (Wildman–Crippen LogP) is 7.23. The van der Waals surface area contributed by atoms with E-state index in [1.165, 1.54) is 70.6 Å². The first-order chi connectivity index (χ1) is 13.5. The first-order valence-electron chi connectivity index (χ1n) is 11.2. The van der Waals surface area contributed by atoms with Crippen LogP contribution < -0.4 is 0 Å². The lowest BCUT2D eigenvalue weighted by Gasteiger charge is -2.07. The Morgan fingerprint density at radius 3 is 1.61 bits per heavy atom. The number of aliphatic carboxylic acids is 1. The second-order valence-electron chi connectivity index (χ2n) is 7.27. The third kappa shape index (κ3) is 24.4. The molecule has 1 N–H and O–H groups in total. The van der Waals surface area contributed by atoms with Crippen LogP contribution in [-0.4, -0.2) is 23.7 Å². The zero-order valence-corrected chi connectivity index (χ0v) is 18.5. The van der Waals surface area contributed by atoms with Crippen molar-refractivity contribution in [3.05, 3.63) is 24.8 Å². The summed E-state index contributed by atoms with van der Waals surface area (Å²) in [5.74, 6) is -1.16. The van der Waals surface area contributed by atoms with E-state index >= 15 is 0 Å². The zero-order valence-electron chi connectivity index (χ0n) is 18.5. The third-order valence-corrected chi connectivity index (χ3v) is 4.53. The molecule has 0 aromatic rings. The number of carboxylic acid groups (broad SMARTS) is 1. The highest BCUT2D eigenvalue weighted by Crippen LogP contribution is 2.13. The minimum Gasteiger partial charge on any atom is -0.478 e. The van der Waals surface area contributed by atoms with Gasteiger partial charge < -0.3 is 9.84 Å². The molecule has 0 saturated heterocycles. The minimum atomic E-state index is -0.981. The highest BCUT2D eigenvalue weighted by atomic mass is 16.5. The molecule has 0 aromatic heterocycles. The number of hydrogen-bond acceptors (Lipinski definition) is 3. The van der Waals surface area contributed by atoms with Crippen molar-refractivity contribution in [2.45, 2.75) is 110 Å².